The van der Waals surface area contributed by atoms with Gasteiger partial charge in [-0.25, -0.2) is 0 Å². The van der Waals surface area contributed by atoms with E-state index in [9.17, 15) is 0 Å². The second kappa shape index (κ2) is 2.49. The Bertz CT molecular complexity index is 62.8. The summed E-state index contributed by atoms with van der Waals surface area (Å²) in [6.07, 6.45) is 3.35. The first-order chi connectivity index (χ1) is 3.79. The second-order valence-corrected chi connectivity index (χ2v) is 2.51. The molecule has 2 unspecified atom stereocenters. The lowest BCUT2D eigenvalue weighted by Crippen LogP contribution is -2.22. The van der Waals surface area contributed by atoms with E-state index in [1.807, 2.05) is 0 Å². The minimum Gasteiger partial charge on any atom is -0.381 e. The molecule has 0 aromatic carbocycles. The van der Waals surface area contributed by atoms with Gasteiger partial charge < -0.3 is 4.74 Å². The SMILES string of the molecule is CC1[C]C(C)COC1. The van der Waals surface area contributed by atoms with Crippen LogP contribution in [0.25, 0.3) is 0 Å². The van der Waals surface area contributed by atoms with Crippen LogP contribution in [0.15, 0.2) is 0 Å². The molecule has 2 atom stereocenters. The van der Waals surface area contributed by atoms with E-state index in [0.29, 0.717) is 11.8 Å². The van der Waals surface area contributed by atoms with Crippen molar-refractivity contribution in [2.24, 2.45) is 11.8 Å². The molecule has 1 aliphatic rings. The third-order valence-electron chi connectivity index (χ3n) is 1.30. The molecule has 0 N–H and O–H groups in total. The Morgan fingerprint density at radius 3 is 2.00 bits per heavy atom. The summed E-state index contributed by atoms with van der Waals surface area (Å²) in [7, 11) is 0. The summed E-state index contributed by atoms with van der Waals surface area (Å²) < 4.78 is 5.23. The molecule has 0 spiro atoms. The Labute approximate surface area is 51.0 Å². The van der Waals surface area contributed by atoms with E-state index in [1.54, 1.807) is 0 Å². The first-order valence-electron chi connectivity index (χ1n) is 3.13. The van der Waals surface area contributed by atoms with Gasteiger partial charge in [0.15, 0.2) is 0 Å². The summed E-state index contributed by atoms with van der Waals surface area (Å²) in [4.78, 5) is 0. The van der Waals surface area contributed by atoms with Gasteiger partial charge in [-0.2, -0.15) is 0 Å². The summed E-state index contributed by atoms with van der Waals surface area (Å²) in [6.45, 7) is 6.00. The Hall–Kier alpha value is -0.0400. The first-order valence-corrected chi connectivity index (χ1v) is 3.13. The van der Waals surface area contributed by atoms with Gasteiger partial charge in [0.1, 0.15) is 0 Å². The summed E-state index contributed by atoms with van der Waals surface area (Å²) in [5.74, 6) is 1.08. The van der Waals surface area contributed by atoms with Crippen LogP contribution in [0.1, 0.15) is 13.8 Å². The van der Waals surface area contributed by atoms with E-state index < -0.39 is 0 Å². The van der Waals surface area contributed by atoms with Crippen LogP contribution in [-0.4, -0.2) is 13.2 Å². The Morgan fingerprint density at radius 2 is 1.75 bits per heavy atom. The largest absolute Gasteiger partial charge is 0.381 e. The van der Waals surface area contributed by atoms with Gasteiger partial charge in [-0.05, 0) is 18.3 Å². The van der Waals surface area contributed by atoms with Crippen molar-refractivity contribution in [3.63, 3.8) is 0 Å². The summed E-state index contributed by atoms with van der Waals surface area (Å²) in [6, 6.07) is 0. The lowest BCUT2D eigenvalue weighted by molar-refractivity contribution is 0.0589. The molecule has 0 amide bonds. The highest BCUT2D eigenvalue weighted by Crippen LogP contribution is 2.16. The molecule has 1 heteroatoms. The number of hydrogen-bond donors (Lipinski definition) is 0. The molecule has 8 heavy (non-hydrogen) atoms. The lowest BCUT2D eigenvalue weighted by Gasteiger charge is -2.22. The normalized spacial score (nSPS) is 39.8. The average molecular weight is 112 g/mol. The fraction of sp³-hybridized carbons (Fsp3) is 0.857. The fourth-order valence-electron chi connectivity index (χ4n) is 1.00. The van der Waals surface area contributed by atoms with Crippen molar-refractivity contribution in [1.82, 2.24) is 0 Å². The zero-order chi connectivity index (χ0) is 5.98. The molecule has 1 aliphatic heterocycles. The summed E-state index contributed by atoms with van der Waals surface area (Å²) >= 11 is 0. The van der Waals surface area contributed by atoms with Gasteiger partial charge in [0.05, 0.1) is 0 Å². The zero-order valence-corrected chi connectivity index (χ0v) is 5.48. The third-order valence-corrected chi connectivity index (χ3v) is 1.30. The van der Waals surface area contributed by atoms with Crippen molar-refractivity contribution in [3.05, 3.63) is 6.42 Å². The van der Waals surface area contributed by atoms with E-state index >= 15 is 0 Å². The van der Waals surface area contributed by atoms with Gasteiger partial charge >= 0.3 is 0 Å². The van der Waals surface area contributed by atoms with Gasteiger partial charge in [-0.3, -0.25) is 0 Å². The lowest BCUT2D eigenvalue weighted by atomic mass is 9.96. The molecule has 46 valence electrons. The first kappa shape index (κ1) is 6.09. The van der Waals surface area contributed by atoms with Gasteiger partial charge in [0, 0.05) is 13.2 Å². The van der Waals surface area contributed by atoms with Gasteiger partial charge in [0.25, 0.3) is 0 Å². The van der Waals surface area contributed by atoms with Crippen LogP contribution in [0.2, 0.25) is 0 Å². The molecule has 0 aromatic rings. The van der Waals surface area contributed by atoms with E-state index in [0.717, 1.165) is 13.2 Å². The standard InChI is InChI=1S/C7H12O/c1-6-3-7(2)5-8-4-6/h6-7H,4-5H2,1-2H3. The molecule has 1 nitrogen and oxygen atoms in total. The van der Waals surface area contributed by atoms with Crippen molar-refractivity contribution < 1.29 is 4.74 Å². The van der Waals surface area contributed by atoms with Gasteiger partial charge in [0.2, 0.25) is 0 Å². The summed E-state index contributed by atoms with van der Waals surface area (Å²) in [5.41, 5.74) is 0. The van der Waals surface area contributed by atoms with Crippen LogP contribution < -0.4 is 0 Å². The molecule has 0 saturated carbocycles. The van der Waals surface area contributed by atoms with Crippen LogP contribution in [0.4, 0.5) is 0 Å². The molecule has 0 aromatic heterocycles. The number of ether oxygens (including phenoxy) is 1. The third kappa shape index (κ3) is 1.48. The molecule has 1 rings (SSSR count). The van der Waals surface area contributed by atoms with Crippen molar-refractivity contribution in [2.45, 2.75) is 13.8 Å². The highest BCUT2D eigenvalue weighted by Gasteiger charge is 2.15. The highest BCUT2D eigenvalue weighted by atomic mass is 16.5. The highest BCUT2D eigenvalue weighted by molar-refractivity contribution is 4.81. The number of hydrogen-bond acceptors (Lipinski definition) is 1. The van der Waals surface area contributed by atoms with Crippen LogP contribution in [-0.2, 0) is 4.74 Å². The molecule has 1 fully saturated rings. The Balaban J connectivity index is 2.23. The summed E-state index contributed by atoms with van der Waals surface area (Å²) in [5, 5.41) is 0. The van der Waals surface area contributed by atoms with Gasteiger partial charge in [-0.15, -0.1) is 0 Å². The quantitative estimate of drug-likeness (QED) is 0.460. The van der Waals surface area contributed by atoms with Crippen LogP contribution in [0, 0.1) is 18.3 Å². The molecule has 1 heterocycles. The minimum atomic E-state index is 0.541. The van der Waals surface area contributed by atoms with Crippen molar-refractivity contribution in [3.8, 4) is 0 Å². The molecular weight excluding hydrogens is 100 g/mol. The van der Waals surface area contributed by atoms with Crippen LogP contribution >= 0.6 is 0 Å². The molecule has 0 aliphatic carbocycles. The van der Waals surface area contributed by atoms with Crippen molar-refractivity contribution in [1.29, 1.82) is 0 Å². The fourth-order valence-corrected chi connectivity index (χ4v) is 1.00. The zero-order valence-electron chi connectivity index (χ0n) is 5.48. The Kier molecular flexibility index (Phi) is 1.90. The van der Waals surface area contributed by atoms with E-state index in [-0.39, 0.29) is 0 Å². The monoisotopic (exact) mass is 112 g/mol. The van der Waals surface area contributed by atoms with E-state index in [4.69, 9.17) is 4.74 Å². The van der Waals surface area contributed by atoms with Crippen LogP contribution in [0.5, 0.6) is 0 Å². The van der Waals surface area contributed by atoms with Crippen molar-refractivity contribution in [2.75, 3.05) is 13.2 Å². The molecule has 0 bridgehead atoms. The molecular formula is C7H12O. The maximum absolute atomic E-state index is 5.23. The maximum atomic E-state index is 5.23. The predicted octanol–water partition coefficient (Wildman–Crippen LogP) is 1.37. The van der Waals surface area contributed by atoms with E-state index in [1.165, 1.54) is 0 Å². The topological polar surface area (TPSA) is 9.23 Å². The smallest absolute Gasteiger partial charge is 0.0497 e. The van der Waals surface area contributed by atoms with Crippen molar-refractivity contribution >= 4 is 0 Å². The van der Waals surface area contributed by atoms with Gasteiger partial charge in [-0.1, -0.05) is 13.8 Å². The Morgan fingerprint density at radius 1 is 1.25 bits per heavy atom. The second-order valence-electron chi connectivity index (χ2n) is 2.51. The van der Waals surface area contributed by atoms with E-state index in [2.05, 4.69) is 20.3 Å². The number of rotatable bonds is 0. The average Bonchev–Trinajstić information content (AvgIpc) is 1.64. The molecule has 2 radical (unpaired) electrons. The van der Waals surface area contributed by atoms with Crippen LogP contribution in [0.3, 0.4) is 0 Å². The minimum absolute atomic E-state index is 0.541. The molecule has 1 saturated heterocycles. The predicted molar refractivity (Wildman–Crippen MR) is 32.4 cm³/mol. The maximum Gasteiger partial charge on any atom is 0.0497 e.